The highest BCUT2D eigenvalue weighted by molar-refractivity contribution is 7.13. The fourth-order valence-corrected chi connectivity index (χ4v) is 3.01. The van der Waals surface area contributed by atoms with E-state index < -0.39 is 0 Å². The minimum Gasteiger partial charge on any atom is -0.365 e. The second kappa shape index (κ2) is 8.80. The lowest BCUT2D eigenvalue weighted by molar-refractivity contribution is -0.126. The molecule has 7 heteroatoms. The molecule has 0 unspecified atom stereocenters. The summed E-state index contributed by atoms with van der Waals surface area (Å²) < 4.78 is 10.6. The monoisotopic (exact) mass is 376 g/mol. The molecular weight excluding hydrogens is 360 g/mol. The van der Waals surface area contributed by atoms with Gasteiger partial charge in [0.25, 0.3) is 0 Å². The Labute approximate surface area is 154 Å². The van der Waals surface area contributed by atoms with Crippen LogP contribution in [0.2, 0.25) is 5.02 Å². The van der Waals surface area contributed by atoms with Crippen LogP contribution in [0.4, 0.5) is 0 Å². The van der Waals surface area contributed by atoms with E-state index in [1.165, 1.54) is 0 Å². The smallest absolute Gasteiger partial charge is 0.246 e. The van der Waals surface area contributed by atoms with Gasteiger partial charge in [0.15, 0.2) is 5.76 Å². The van der Waals surface area contributed by atoms with Crippen molar-refractivity contribution in [3.63, 3.8) is 0 Å². The molecule has 25 heavy (non-hydrogen) atoms. The molecule has 0 spiro atoms. The lowest BCUT2D eigenvalue weighted by atomic mass is 10.1. The van der Waals surface area contributed by atoms with Gasteiger partial charge in [-0.3, -0.25) is 4.79 Å². The van der Waals surface area contributed by atoms with E-state index in [0.29, 0.717) is 23.0 Å². The second-order valence-electron chi connectivity index (χ2n) is 5.38. The summed E-state index contributed by atoms with van der Waals surface area (Å²) in [4.78, 5) is 12.8. The third-order valence-electron chi connectivity index (χ3n) is 3.46. The molecule has 5 nitrogen and oxygen atoms in total. The van der Waals surface area contributed by atoms with Gasteiger partial charge in [-0.25, -0.2) is 0 Å². The number of halogens is 1. The first-order valence-electron chi connectivity index (χ1n) is 7.79. The van der Waals surface area contributed by atoms with Crippen molar-refractivity contribution in [2.75, 3.05) is 13.2 Å². The van der Waals surface area contributed by atoms with Crippen LogP contribution in [0.5, 0.6) is 0 Å². The molecule has 0 fully saturated rings. The van der Waals surface area contributed by atoms with Gasteiger partial charge >= 0.3 is 0 Å². The van der Waals surface area contributed by atoms with Gasteiger partial charge in [0.05, 0.1) is 11.5 Å². The molecular formula is C18H17ClN2O3S. The van der Waals surface area contributed by atoms with Gasteiger partial charge in [-0.2, -0.15) is 0 Å². The zero-order valence-corrected chi connectivity index (χ0v) is 15.0. The van der Waals surface area contributed by atoms with Gasteiger partial charge in [0.1, 0.15) is 12.3 Å². The van der Waals surface area contributed by atoms with Crippen LogP contribution in [0.15, 0.2) is 52.4 Å². The number of hydrogen-bond donors (Lipinski definition) is 1. The highest BCUT2D eigenvalue weighted by atomic mass is 35.5. The third kappa shape index (κ3) is 5.42. The first kappa shape index (κ1) is 17.7. The number of hydrogen-bond acceptors (Lipinski definition) is 5. The van der Waals surface area contributed by atoms with Gasteiger partial charge in [0, 0.05) is 17.6 Å². The molecule has 1 N–H and O–H groups in total. The largest absolute Gasteiger partial charge is 0.365 e. The number of amides is 1. The van der Waals surface area contributed by atoms with E-state index in [0.717, 1.165) is 16.9 Å². The number of aromatic nitrogens is 1. The summed E-state index contributed by atoms with van der Waals surface area (Å²) in [6, 6.07) is 13.3. The number of benzene rings is 1. The molecule has 1 aromatic carbocycles. The van der Waals surface area contributed by atoms with Crippen molar-refractivity contribution in [1.29, 1.82) is 0 Å². The van der Waals surface area contributed by atoms with Crippen LogP contribution in [0.25, 0.3) is 10.6 Å². The summed E-state index contributed by atoms with van der Waals surface area (Å²) in [6.07, 6.45) is 0.746. The number of ether oxygens (including phenoxy) is 1. The minimum atomic E-state index is -0.157. The second-order valence-corrected chi connectivity index (χ2v) is 6.76. The lowest BCUT2D eigenvalue weighted by Gasteiger charge is -2.05. The number of rotatable bonds is 8. The van der Waals surface area contributed by atoms with Crippen LogP contribution >= 0.6 is 22.9 Å². The van der Waals surface area contributed by atoms with E-state index >= 15 is 0 Å². The van der Waals surface area contributed by atoms with Gasteiger partial charge < -0.3 is 14.6 Å². The highest BCUT2D eigenvalue weighted by Gasteiger charge is 2.08. The predicted molar refractivity (Wildman–Crippen MR) is 97.6 cm³/mol. The average Bonchev–Trinajstić information content (AvgIpc) is 3.28. The van der Waals surface area contributed by atoms with Crippen LogP contribution in [-0.2, 0) is 22.6 Å². The SMILES string of the molecule is O=C(COCc1cc(-c2cccs2)on1)NCCc1ccc(Cl)cc1. The van der Waals surface area contributed by atoms with Gasteiger partial charge in [0.2, 0.25) is 5.91 Å². The maximum absolute atomic E-state index is 11.8. The molecule has 130 valence electrons. The predicted octanol–water partition coefficient (Wildman–Crippen LogP) is 3.93. The number of carbonyl (C=O) groups is 1. The Morgan fingerprint density at radius 2 is 2.12 bits per heavy atom. The Kier molecular flexibility index (Phi) is 6.22. The topological polar surface area (TPSA) is 64.4 Å². The maximum Gasteiger partial charge on any atom is 0.246 e. The van der Waals surface area contributed by atoms with E-state index in [1.54, 1.807) is 11.3 Å². The molecule has 0 aliphatic carbocycles. The molecule has 3 rings (SSSR count). The normalized spacial score (nSPS) is 10.8. The molecule has 0 bridgehead atoms. The number of nitrogens with zero attached hydrogens (tertiary/aromatic N) is 1. The van der Waals surface area contributed by atoms with Crippen molar-refractivity contribution < 1.29 is 14.1 Å². The van der Waals surface area contributed by atoms with E-state index in [1.807, 2.05) is 47.8 Å². The molecule has 0 saturated carbocycles. The molecule has 2 heterocycles. The lowest BCUT2D eigenvalue weighted by Crippen LogP contribution is -2.29. The van der Waals surface area contributed by atoms with Gasteiger partial charge in [-0.1, -0.05) is 35.0 Å². The molecule has 0 aliphatic rings. The van der Waals surface area contributed by atoms with E-state index in [9.17, 15) is 4.79 Å². The third-order valence-corrected chi connectivity index (χ3v) is 4.59. The maximum atomic E-state index is 11.8. The summed E-state index contributed by atoms with van der Waals surface area (Å²) in [5.41, 5.74) is 1.78. The standard InChI is InChI=1S/C18H17ClN2O3S/c19-14-5-3-13(4-6-14)7-8-20-18(22)12-23-11-15-10-16(24-21-15)17-2-1-9-25-17/h1-6,9-10H,7-8,11-12H2,(H,20,22). The zero-order valence-electron chi connectivity index (χ0n) is 13.4. The van der Waals surface area contributed by atoms with Crippen LogP contribution in [0, 0.1) is 0 Å². The van der Waals surface area contributed by atoms with Gasteiger partial charge in [-0.15, -0.1) is 11.3 Å². The molecule has 2 aromatic heterocycles. The van der Waals surface area contributed by atoms with Crippen molar-refractivity contribution in [3.05, 3.63) is 64.1 Å². The van der Waals surface area contributed by atoms with Crippen LogP contribution in [-0.4, -0.2) is 24.2 Å². The number of carbonyl (C=O) groups excluding carboxylic acids is 1. The zero-order chi connectivity index (χ0) is 17.5. The van der Waals surface area contributed by atoms with Crippen molar-refractivity contribution in [2.45, 2.75) is 13.0 Å². The summed E-state index contributed by atoms with van der Waals surface area (Å²) in [5.74, 6) is 0.553. The molecule has 3 aromatic rings. The van der Waals surface area contributed by atoms with Gasteiger partial charge in [-0.05, 0) is 35.6 Å². The molecule has 0 saturated heterocycles. The van der Waals surface area contributed by atoms with Crippen LogP contribution in [0.1, 0.15) is 11.3 Å². The number of nitrogens with one attached hydrogen (secondary N) is 1. The Morgan fingerprint density at radius 3 is 2.88 bits per heavy atom. The quantitative estimate of drug-likeness (QED) is 0.647. The molecule has 0 atom stereocenters. The van der Waals surface area contributed by atoms with Crippen molar-refractivity contribution in [2.24, 2.45) is 0 Å². The summed E-state index contributed by atoms with van der Waals surface area (Å²) in [5, 5.41) is 9.44. The Bertz CT molecular complexity index is 800. The molecule has 0 radical (unpaired) electrons. The molecule has 1 amide bonds. The summed E-state index contributed by atoms with van der Waals surface area (Å²) in [7, 11) is 0. The average molecular weight is 377 g/mol. The number of thiophene rings is 1. The van der Waals surface area contributed by atoms with Crippen molar-refractivity contribution in [1.82, 2.24) is 10.5 Å². The fourth-order valence-electron chi connectivity index (χ4n) is 2.21. The Balaban J connectivity index is 1.34. The van der Waals surface area contributed by atoms with E-state index in [-0.39, 0.29) is 19.1 Å². The fraction of sp³-hybridized carbons (Fsp3) is 0.222. The minimum absolute atomic E-state index is 0.0121. The van der Waals surface area contributed by atoms with E-state index in [4.69, 9.17) is 20.9 Å². The molecule has 0 aliphatic heterocycles. The van der Waals surface area contributed by atoms with Crippen molar-refractivity contribution in [3.8, 4) is 10.6 Å². The van der Waals surface area contributed by atoms with Crippen LogP contribution < -0.4 is 5.32 Å². The van der Waals surface area contributed by atoms with Crippen molar-refractivity contribution >= 4 is 28.8 Å². The first-order chi connectivity index (χ1) is 12.2. The van der Waals surface area contributed by atoms with Crippen LogP contribution in [0.3, 0.4) is 0 Å². The van der Waals surface area contributed by atoms with E-state index in [2.05, 4.69) is 10.5 Å². The summed E-state index contributed by atoms with van der Waals surface area (Å²) >= 11 is 7.42. The first-order valence-corrected chi connectivity index (χ1v) is 9.05. The summed E-state index contributed by atoms with van der Waals surface area (Å²) in [6.45, 7) is 0.775. The highest BCUT2D eigenvalue weighted by Crippen LogP contribution is 2.25. The Morgan fingerprint density at radius 1 is 1.28 bits per heavy atom. The Hall–Kier alpha value is -2.15.